The summed E-state index contributed by atoms with van der Waals surface area (Å²) >= 11 is 0. The first-order valence-corrected chi connectivity index (χ1v) is 9.88. The number of hydrogen-bond acceptors (Lipinski definition) is 5. The zero-order chi connectivity index (χ0) is 22.1. The number of hydrogen-bond donors (Lipinski definition) is 1. The Morgan fingerprint density at radius 2 is 1.81 bits per heavy atom. The lowest BCUT2D eigenvalue weighted by Crippen LogP contribution is -2.17. The van der Waals surface area contributed by atoms with E-state index < -0.39 is 0 Å². The molecule has 1 amide bonds. The van der Waals surface area contributed by atoms with Crippen molar-refractivity contribution in [1.29, 1.82) is 5.26 Å². The summed E-state index contributed by atoms with van der Waals surface area (Å²) in [5, 5.41) is 21.7. The van der Waals surface area contributed by atoms with Crippen LogP contribution >= 0.6 is 0 Å². The second-order valence-corrected chi connectivity index (χ2v) is 7.20. The molecule has 0 saturated carbocycles. The zero-order valence-corrected chi connectivity index (χ0v) is 17.1. The van der Waals surface area contributed by atoms with Gasteiger partial charge in [0.1, 0.15) is 11.6 Å². The van der Waals surface area contributed by atoms with E-state index in [1.165, 1.54) is 6.20 Å². The summed E-state index contributed by atoms with van der Waals surface area (Å²) < 4.78 is 3.23. The third kappa shape index (κ3) is 3.38. The topological polar surface area (TPSA) is 101 Å². The second-order valence-electron chi connectivity index (χ2n) is 7.20. The van der Waals surface area contributed by atoms with Crippen molar-refractivity contribution in [3.8, 4) is 23.0 Å². The van der Waals surface area contributed by atoms with Crippen LogP contribution in [0.4, 0.5) is 5.82 Å². The molecule has 8 nitrogen and oxygen atoms in total. The molecule has 2 aromatic carbocycles. The van der Waals surface area contributed by atoms with E-state index >= 15 is 0 Å². The molecule has 5 aromatic rings. The Morgan fingerprint density at radius 1 is 1.03 bits per heavy atom. The number of carbonyl (C=O) groups excluding carboxylic acids is 1. The number of carbonyl (C=O) groups is 1. The van der Waals surface area contributed by atoms with Gasteiger partial charge in [0.25, 0.3) is 5.91 Å². The monoisotopic (exact) mass is 419 g/mol. The van der Waals surface area contributed by atoms with Gasteiger partial charge in [0.2, 0.25) is 0 Å². The van der Waals surface area contributed by atoms with Crippen molar-refractivity contribution in [1.82, 2.24) is 24.5 Å². The Balaban J connectivity index is 1.61. The molecule has 32 heavy (non-hydrogen) atoms. The number of pyridine rings is 1. The van der Waals surface area contributed by atoms with Crippen molar-refractivity contribution in [2.24, 2.45) is 7.05 Å². The lowest BCUT2D eigenvalue weighted by Gasteiger charge is -2.12. The van der Waals surface area contributed by atoms with Crippen LogP contribution in [-0.4, -0.2) is 30.5 Å². The lowest BCUT2D eigenvalue weighted by atomic mass is 10.0. The highest BCUT2D eigenvalue weighted by Crippen LogP contribution is 2.26. The minimum Gasteiger partial charge on any atom is -0.305 e. The van der Waals surface area contributed by atoms with Gasteiger partial charge in [0, 0.05) is 24.2 Å². The average molecular weight is 419 g/mol. The molecule has 0 fully saturated rings. The maximum Gasteiger partial charge on any atom is 0.257 e. The number of aryl methyl sites for hydroxylation is 1. The van der Waals surface area contributed by atoms with E-state index in [9.17, 15) is 10.1 Å². The van der Waals surface area contributed by atoms with Crippen molar-refractivity contribution in [2.75, 3.05) is 5.32 Å². The molecule has 0 bridgehead atoms. The molecule has 8 heteroatoms. The van der Waals surface area contributed by atoms with Gasteiger partial charge >= 0.3 is 0 Å². The quantitative estimate of drug-likeness (QED) is 0.475. The minimum atomic E-state index is -0.358. The summed E-state index contributed by atoms with van der Waals surface area (Å²) in [6.45, 7) is 0. The number of rotatable bonds is 4. The van der Waals surface area contributed by atoms with Crippen molar-refractivity contribution in [3.05, 3.63) is 90.4 Å². The van der Waals surface area contributed by atoms with Gasteiger partial charge in [-0.3, -0.25) is 9.48 Å². The number of nitrogens with one attached hydrogen (secondary N) is 1. The molecule has 0 atom stereocenters. The summed E-state index contributed by atoms with van der Waals surface area (Å²) in [4.78, 5) is 18.2. The molecule has 0 aliphatic rings. The number of nitriles is 1. The Kier molecular flexibility index (Phi) is 4.69. The Labute approximate surface area is 183 Å². The maximum absolute atomic E-state index is 13.5. The van der Waals surface area contributed by atoms with Crippen LogP contribution in [0.2, 0.25) is 0 Å². The number of anilines is 1. The predicted octanol–water partition coefficient (Wildman–Crippen LogP) is 3.94. The molecule has 5 rings (SSSR count). The Hall–Kier alpha value is -4.77. The average Bonchev–Trinajstić information content (AvgIpc) is 3.44. The van der Waals surface area contributed by atoms with E-state index in [0.717, 1.165) is 11.3 Å². The van der Waals surface area contributed by atoms with E-state index in [1.807, 2.05) is 67.8 Å². The largest absolute Gasteiger partial charge is 0.305 e. The molecular formula is C24H17N7O. The van der Waals surface area contributed by atoms with Crippen LogP contribution in [0.5, 0.6) is 0 Å². The Bertz CT molecular complexity index is 1490. The predicted molar refractivity (Wildman–Crippen MR) is 120 cm³/mol. The third-order valence-corrected chi connectivity index (χ3v) is 5.08. The fraction of sp³-hybridized carbons (Fsp3) is 0.0417. The number of fused-ring (bicyclic) bond motifs is 1. The van der Waals surface area contributed by atoms with Crippen LogP contribution in [0.25, 0.3) is 27.8 Å². The fourth-order valence-corrected chi connectivity index (χ4v) is 3.56. The SMILES string of the molecule is Cn1cc(-c2cc(C(=O)Nc3c(C#N)cnn3-c3ccccc3)c3ccccc3n2)cn1. The minimum absolute atomic E-state index is 0.271. The molecule has 0 unspecified atom stereocenters. The lowest BCUT2D eigenvalue weighted by molar-refractivity contribution is 0.102. The number of aromatic nitrogens is 5. The highest BCUT2D eigenvalue weighted by atomic mass is 16.1. The van der Waals surface area contributed by atoms with Gasteiger partial charge in [-0.2, -0.15) is 15.5 Å². The first-order valence-electron chi connectivity index (χ1n) is 9.88. The number of para-hydroxylation sites is 2. The molecule has 3 aromatic heterocycles. The van der Waals surface area contributed by atoms with Gasteiger partial charge in [-0.1, -0.05) is 36.4 Å². The van der Waals surface area contributed by atoms with Crippen LogP contribution < -0.4 is 5.32 Å². The normalized spacial score (nSPS) is 10.8. The molecule has 0 saturated heterocycles. The van der Waals surface area contributed by atoms with E-state index in [-0.39, 0.29) is 11.5 Å². The van der Waals surface area contributed by atoms with E-state index in [1.54, 1.807) is 21.6 Å². The van der Waals surface area contributed by atoms with Crippen LogP contribution in [0, 0.1) is 11.3 Å². The Morgan fingerprint density at radius 3 is 2.56 bits per heavy atom. The van der Waals surface area contributed by atoms with Gasteiger partial charge in [-0.15, -0.1) is 0 Å². The van der Waals surface area contributed by atoms with E-state index in [0.29, 0.717) is 28.0 Å². The van der Waals surface area contributed by atoms with Crippen LogP contribution in [0.15, 0.2) is 79.3 Å². The summed E-state index contributed by atoms with van der Waals surface area (Å²) in [7, 11) is 1.83. The van der Waals surface area contributed by atoms with E-state index in [2.05, 4.69) is 21.6 Å². The number of amides is 1. The molecular weight excluding hydrogens is 402 g/mol. The fourth-order valence-electron chi connectivity index (χ4n) is 3.56. The maximum atomic E-state index is 13.5. The third-order valence-electron chi connectivity index (χ3n) is 5.08. The van der Waals surface area contributed by atoms with Gasteiger partial charge in [0.05, 0.1) is 34.9 Å². The number of nitrogens with zero attached hydrogens (tertiary/aromatic N) is 6. The van der Waals surface area contributed by atoms with Crippen LogP contribution in [0.3, 0.4) is 0 Å². The van der Waals surface area contributed by atoms with Crippen molar-refractivity contribution in [3.63, 3.8) is 0 Å². The highest BCUT2D eigenvalue weighted by Gasteiger charge is 2.19. The first-order chi connectivity index (χ1) is 15.6. The zero-order valence-electron chi connectivity index (χ0n) is 17.1. The molecule has 1 N–H and O–H groups in total. The molecule has 0 aliphatic carbocycles. The summed E-state index contributed by atoms with van der Waals surface area (Å²) in [6.07, 6.45) is 4.99. The first kappa shape index (κ1) is 19.2. The van der Waals surface area contributed by atoms with Gasteiger partial charge in [-0.25, -0.2) is 9.67 Å². The molecule has 154 valence electrons. The summed E-state index contributed by atoms with van der Waals surface area (Å²) in [6, 6.07) is 20.6. The van der Waals surface area contributed by atoms with Crippen molar-refractivity contribution >= 4 is 22.6 Å². The summed E-state index contributed by atoms with van der Waals surface area (Å²) in [5.74, 6) is -0.0459. The van der Waals surface area contributed by atoms with Crippen molar-refractivity contribution < 1.29 is 4.79 Å². The summed E-state index contributed by atoms with van der Waals surface area (Å²) in [5.41, 5.74) is 3.58. The molecule has 0 spiro atoms. The second kappa shape index (κ2) is 7.81. The standard InChI is InChI=1S/C24H17N7O/c1-30-15-17(14-26-30)22-11-20(19-9-5-6-10-21(19)28-22)24(32)29-23-16(12-25)13-27-31(23)18-7-3-2-4-8-18/h2-11,13-15H,1H3,(H,29,32). The molecule has 3 heterocycles. The van der Waals surface area contributed by atoms with Gasteiger partial charge < -0.3 is 5.32 Å². The number of benzene rings is 2. The van der Waals surface area contributed by atoms with Gasteiger partial charge in [0.15, 0.2) is 5.82 Å². The van der Waals surface area contributed by atoms with Crippen LogP contribution in [0.1, 0.15) is 15.9 Å². The molecule has 0 aliphatic heterocycles. The van der Waals surface area contributed by atoms with E-state index in [4.69, 9.17) is 4.98 Å². The smallest absolute Gasteiger partial charge is 0.257 e. The van der Waals surface area contributed by atoms with Crippen molar-refractivity contribution in [2.45, 2.75) is 0 Å². The van der Waals surface area contributed by atoms with Gasteiger partial charge in [-0.05, 0) is 24.3 Å². The highest BCUT2D eigenvalue weighted by molar-refractivity contribution is 6.13. The molecule has 0 radical (unpaired) electrons. The van der Waals surface area contributed by atoms with Crippen LogP contribution in [-0.2, 0) is 7.05 Å².